The zero-order valence-electron chi connectivity index (χ0n) is 15.9. The molecule has 1 aromatic heterocycles. The van der Waals surface area contributed by atoms with Crippen molar-refractivity contribution >= 4 is 11.9 Å². The number of amides is 1. The second kappa shape index (κ2) is 7.58. The van der Waals surface area contributed by atoms with Gasteiger partial charge in [0.1, 0.15) is 5.69 Å². The molecule has 3 fully saturated rings. The van der Waals surface area contributed by atoms with Crippen LogP contribution in [0, 0.1) is 5.92 Å². The Morgan fingerprint density at radius 3 is 2.85 bits per heavy atom. The van der Waals surface area contributed by atoms with E-state index in [1.54, 1.807) is 6.92 Å². The fraction of sp³-hybridized carbons (Fsp3) is 0.789. The summed E-state index contributed by atoms with van der Waals surface area (Å²) in [6.45, 7) is 3.39. The topological polar surface area (TPSA) is 97.4 Å². The van der Waals surface area contributed by atoms with Crippen molar-refractivity contribution in [2.24, 2.45) is 5.92 Å². The summed E-state index contributed by atoms with van der Waals surface area (Å²) in [7, 11) is 0. The van der Waals surface area contributed by atoms with Gasteiger partial charge in [0.05, 0.1) is 18.2 Å². The van der Waals surface area contributed by atoms with Crippen LogP contribution in [0.2, 0.25) is 0 Å². The molecule has 2 aliphatic heterocycles. The highest BCUT2D eigenvalue weighted by Gasteiger charge is 2.45. The number of nitrogens with zero attached hydrogens (tertiary/aromatic N) is 3. The van der Waals surface area contributed by atoms with E-state index in [2.05, 4.69) is 15.4 Å². The van der Waals surface area contributed by atoms with Crippen LogP contribution in [0.4, 0.5) is 0 Å². The summed E-state index contributed by atoms with van der Waals surface area (Å²) >= 11 is 0. The van der Waals surface area contributed by atoms with Crippen LogP contribution < -0.4 is 0 Å². The van der Waals surface area contributed by atoms with E-state index >= 15 is 0 Å². The van der Waals surface area contributed by atoms with Crippen molar-refractivity contribution in [2.45, 2.75) is 69.9 Å². The number of carbonyl (C=O) groups excluding carboxylic acids is 2. The number of hydrogen-bond donors (Lipinski definition) is 1. The Labute approximate surface area is 159 Å². The molecule has 1 N–H and O–H groups in total. The molecule has 2 atom stereocenters. The van der Waals surface area contributed by atoms with Gasteiger partial charge in [-0.3, -0.25) is 4.79 Å². The van der Waals surface area contributed by atoms with Gasteiger partial charge in [0, 0.05) is 19.1 Å². The molecule has 1 spiro atoms. The number of rotatable bonds is 4. The molecule has 2 saturated heterocycles. The molecule has 3 heterocycles. The number of esters is 1. The molecule has 1 aliphatic carbocycles. The normalized spacial score (nSPS) is 27.2. The lowest BCUT2D eigenvalue weighted by Crippen LogP contribution is -2.44. The van der Waals surface area contributed by atoms with E-state index in [1.807, 2.05) is 4.90 Å². The minimum Gasteiger partial charge on any atom is -0.461 e. The SMILES string of the molecule is CCOC(=O)c1n[nH]nc1C1CCCN1C(=O)C1CCOC2(CCCC2)C1. The van der Waals surface area contributed by atoms with Gasteiger partial charge in [-0.2, -0.15) is 10.3 Å². The van der Waals surface area contributed by atoms with Crippen LogP contribution >= 0.6 is 0 Å². The molecule has 1 saturated carbocycles. The fourth-order valence-corrected chi connectivity index (χ4v) is 4.98. The highest BCUT2D eigenvalue weighted by atomic mass is 16.5. The predicted molar refractivity (Wildman–Crippen MR) is 95.9 cm³/mol. The minimum absolute atomic E-state index is 0.00426. The predicted octanol–water partition coefficient (Wildman–Crippen LogP) is 2.38. The molecule has 0 aromatic carbocycles. The number of nitrogens with one attached hydrogen (secondary N) is 1. The molecule has 0 radical (unpaired) electrons. The summed E-state index contributed by atoms with van der Waals surface area (Å²) in [4.78, 5) is 27.4. The third-order valence-corrected chi connectivity index (χ3v) is 6.25. The van der Waals surface area contributed by atoms with Gasteiger partial charge in [-0.05, 0) is 45.4 Å². The number of aromatic amines is 1. The molecular weight excluding hydrogens is 348 g/mol. The quantitative estimate of drug-likeness (QED) is 0.811. The molecule has 1 aromatic rings. The van der Waals surface area contributed by atoms with Crippen LogP contribution in [0.15, 0.2) is 0 Å². The van der Waals surface area contributed by atoms with Crippen molar-refractivity contribution in [1.29, 1.82) is 0 Å². The number of likely N-dealkylation sites (tertiary alicyclic amines) is 1. The van der Waals surface area contributed by atoms with E-state index in [4.69, 9.17) is 9.47 Å². The molecule has 3 aliphatic rings. The Balaban J connectivity index is 1.51. The molecule has 8 nitrogen and oxygen atoms in total. The van der Waals surface area contributed by atoms with Gasteiger partial charge in [-0.1, -0.05) is 12.8 Å². The lowest BCUT2D eigenvalue weighted by Gasteiger charge is -2.39. The second-order valence-electron chi connectivity index (χ2n) is 7.90. The number of H-pyrrole nitrogens is 1. The van der Waals surface area contributed by atoms with Gasteiger partial charge in [0.15, 0.2) is 5.69 Å². The molecule has 8 heteroatoms. The van der Waals surface area contributed by atoms with Crippen LogP contribution in [0.25, 0.3) is 0 Å². The first-order valence-corrected chi connectivity index (χ1v) is 10.2. The Morgan fingerprint density at radius 2 is 2.07 bits per heavy atom. The summed E-state index contributed by atoms with van der Waals surface area (Å²) < 4.78 is 11.2. The van der Waals surface area contributed by atoms with Crippen LogP contribution in [0.5, 0.6) is 0 Å². The van der Waals surface area contributed by atoms with Crippen molar-refractivity contribution in [3.05, 3.63) is 11.4 Å². The van der Waals surface area contributed by atoms with E-state index in [9.17, 15) is 9.59 Å². The van der Waals surface area contributed by atoms with Crippen molar-refractivity contribution in [3.8, 4) is 0 Å². The Morgan fingerprint density at radius 1 is 1.26 bits per heavy atom. The monoisotopic (exact) mass is 376 g/mol. The van der Waals surface area contributed by atoms with E-state index < -0.39 is 5.97 Å². The summed E-state index contributed by atoms with van der Waals surface area (Å²) in [5, 5.41) is 10.7. The molecule has 148 valence electrons. The fourth-order valence-electron chi connectivity index (χ4n) is 4.98. The van der Waals surface area contributed by atoms with Crippen molar-refractivity contribution < 1.29 is 19.1 Å². The maximum atomic E-state index is 13.3. The van der Waals surface area contributed by atoms with Crippen molar-refractivity contribution in [2.75, 3.05) is 19.8 Å². The highest BCUT2D eigenvalue weighted by molar-refractivity contribution is 5.89. The zero-order chi connectivity index (χ0) is 18.9. The molecule has 0 bridgehead atoms. The summed E-state index contributed by atoms with van der Waals surface area (Å²) in [5.41, 5.74) is 0.639. The summed E-state index contributed by atoms with van der Waals surface area (Å²) in [5.74, 6) is -0.322. The number of hydrogen-bond acceptors (Lipinski definition) is 6. The van der Waals surface area contributed by atoms with Gasteiger partial charge in [0.2, 0.25) is 5.91 Å². The summed E-state index contributed by atoms with van der Waals surface area (Å²) in [6, 6.07) is -0.210. The van der Waals surface area contributed by atoms with Gasteiger partial charge < -0.3 is 14.4 Å². The molecular formula is C19H28N4O4. The Hall–Kier alpha value is -1.96. The van der Waals surface area contributed by atoms with Crippen molar-refractivity contribution in [3.63, 3.8) is 0 Å². The number of carbonyl (C=O) groups is 2. The lowest BCUT2D eigenvalue weighted by molar-refractivity contribution is -0.149. The smallest absolute Gasteiger partial charge is 0.360 e. The van der Waals surface area contributed by atoms with Crippen LogP contribution in [-0.2, 0) is 14.3 Å². The molecule has 2 unspecified atom stereocenters. The standard InChI is InChI=1S/C19H28N4O4/c1-2-26-18(25)16-15(20-22-21-16)14-6-5-10-23(14)17(24)13-7-11-27-19(12-13)8-3-4-9-19/h13-14H,2-12H2,1H3,(H,20,21,22). The number of ether oxygens (including phenoxy) is 2. The first-order valence-electron chi connectivity index (χ1n) is 10.2. The first-order chi connectivity index (χ1) is 13.1. The average Bonchev–Trinajstić information content (AvgIpc) is 3.41. The zero-order valence-corrected chi connectivity index (χ0v) is 15.9. The van der Waals surface area contributed by atoms with Gasteiger partial charge in [-0.15, -0.1) is 5.10 Å². The van der Waals surface area contributed by atoms with E-state index in [0.717, 1.165) is 38.5 Å². The van der Waals surface area contributed by atoms with E-state index in [0.29, 0.717) is 18.8 Å². The third kappa shape index (κ3) is 3.47. The van der Waals surface area contributed by atoms with Crippen molar-refractivity contribution in [1.82, 2.24) is 20.3 Å². The molecule has 1 amide bonds. The Kier molecular flexibility index (Phi) is 5.16. The van der Waals surface area contributed by atoms with E-state index in [-0.39, 0.29) is 35.8 Å². The minimum atomic E-state index is -0.489. The van der Waals surface area contributed by atoms with E-state index in [1.165, 1.54) is 12.8 Å². The highest BCUT2D eigenvalue weighted by Crippen LogP contribution is 2.43. The number of aromatic nitrogens is 3. The lowest BCUT2D eigenvalue weighted by atomic mass is 9.83. The van der Waals surface area contributed by atoms with Crippen LogP contribution in [0.3, 0.4) is 0 Å². The van der Waals surface area contributed by atoms with Crippen LogP contribution in [0.1, 0.15) is 80.5 Å². The third-order valence-electron chi connectivity index (χ3n) is 6.25. The maximum absolute atomic E-state index is 13.3. The molecule has 4 rings (SSSR count). The largest absolute Gasteiger partial charge is 0.461 e. The summed E-state index contributed by atoms with van der Waals surface area (Å²) in [6.07, 6.45) is 7.79. The maximum Gasteiger partial charge on any atom is 0.360 e. The first kappa shape index (κ1) is 18.4. The average molecular weight is 376 g/mol. The Bertz CT molecular complexity index is 698. The molecule has 27 heavy (non-hydrogen) atoms. The van der Waals surface area contributed by atoms with Gasteiger partial charge in [0.25, 0.3) is 0 Å². The van der Waals surface area contributed by atoms with Crippen LogP contribution in [-0.4, -0.2) is 57.5 Å². The van der Waals surface area contributed by atoms with Gasteiger partial charge in [-0.25, -0.2) is 4.79 Å². The van der Waals surface area contributed by atoms with Gasteiger partial charge >= 0.3 is 5.97 Å². The second-order valence-corrected chi connectivity index (χ2v) is 7.90.